The number of hydrogen-bond acceptors (Lipinski definition) is 4. The molecule has 1 saturated heterocycles. The Kier molecular flexibility index (Phi) is 6.49. The van der Waals surface area contributed by atoms with Gasteiger partial charge < -0.3 is 15.4 Å². The van der Waals surface area contributed by atoms with Crippen LogP contribution in [0.15, 0.2) is 0 Å². The van der Waals surface area contributed by atoms with E-state index >= 15 is 0 Å². The number of carbonyl (C=O) groups is 2. The first-order valence-corrected chi connectivity index (χ1v) is 8.35. The molecule has 5 heteroatoms. The van der Waals surface area contributed by atoms with Gasteiger partial charge in [0.15, 0.2) is 0 Å². The molecule has 0 spiro atoms. The molecule has 2 aliphatic rings. The maximum Gasteiger partial charge on any atom is 0.308 e. The van der Waals surface area contributed by atoms with Crippen molar-refractivity contribution < 1.29 is 14.3 Å². The van der Waals surface area contributed by atoms with Crippen molar-refractivity contribution in [2.75, 3.05) is 19.7 Å². The third kappa shape index (κ3) is 5.30. The first-order chi connectivity index (χ1) is 10.2. The summed E-state index contributed by atoms with van der Waals surface area (Å²) in [6, 6.07) is 0.241. The number of esters is 1. The number of ether oxygens (including phenoxy) is 1. The van der Waals surface area contributed by atoms with Crippen molar-refractivity contribution in [1.82, 2.24) is 10.6 Å². The van der Waals surface area contributed by atoms with E-state index < -0.39 is 0 Å². The smallest absolute Gasteiger partial charge is 0.308 e. The lowest BCUT2D eigenvalue weighted by molar-refractivity contribution is -0.149. The summed E-state index contributed by atoms with van der Waals surface area (Å²) in [4.78, 5) is 23.6. The number of carbonyl (C=O) groups excluding carboxylic acids is 2. The van der Waals surface area contributed by atoms with Gasteiger partial charge in [-0.15, -0.1) is 0 Å². The Morgan fingerprint density at radius 2 is 1.95 bits per heavy atom. The van der Waals surface area contributed by atoms with Crippen molar-refractivity contribution in [2.24, 2.45) is 11.8 Å². The van der Waals surface area contributed by atoms with Gasteiger partial charge in [-0.1, -0.05) is 0 Å². The highest BCUT2D eigenvalue weighted by Crippen LogP contribution is 2.25. The molecule has 0 aromatic rings. The third-order valence-electron chi connectivity index (χ3n) is 4.65. The fraction of sp³-hybridized carbons (Fsp3) is 0.875. The summed E-state index contributed by atoms with van der Waals surface area (Å²) in [5.41, 5.74) is 0. The lowest BCUT2D eigenvalue weighted by atomic mass is 9.86. The first kappa shape index (κ1) is 16.3. The fourth-order valence-corrected chi connectivity index (χ4v) is 3.33. The molecule has 5 nitrogen and oxygen atoms in total. The second-order valence-corrected chi connectivity index (χ2v) is 6.27. The predicted molar refractivity (Wildman–Crippen MR) is 80.7 cm³/mol. The molecular weight excluding hydrogens is 268 g/mol. The van der Waals surface area contributed by atoms with E-state index in [1.165, 1.54) is 6.42 Å². The molecule has 2 N–H and O–H groups in total. The fourth-order valence-electron chi connectivity index (χ4n) is 3.33. The molecular formula is C16H28N2O3. The Labute approximate surface area is 127 Å². The van der Waals surface area contributed by atoms with Crippen LogP contribution in [0, 0.1) is 11.8 Å². The average Bonchev–Trinajstić information content (AvgIpc) is 2.99. The number of rotatable bonds is 6. The van der Waals surface area contributed by atoms with Gasteiger partial charge in [0.1, 0.15) is 0 Å². The van der Waals surface area contributed by atoms with Crippen molar-refractivity contribution in [3.63, 3.8) is 0 Å². The zero-order valence-electron chi connectivity index (χ0n) is 13.0. The van der Waals surface area contributed by atoms with Crippen molar-refractivity contribution in [1.29, 1.82) is 0 Å². The van der Waals surface area contributed by atoms with E-state index in [9.17, 15) is 9.59 Å². The van der Waals surface area contributed by atoms with Crippen molar-refractivity contribution in [3.05, 3.63) is 0 Å². The Bertz CT molecular complexity index is 345. The van der Waals surface area contributed by atoms with Gasteiger partial charge in [-0.2, -0.15) is 0 Å². The standard InChI is InChI=1S/C16H28N2O3/c1-2-21-16(20)13-4-6-14(7-5-13)18-15(19)8-3-12-9-10-17-11-12/h12-14,17H,2-11H2,1H3,(H,18,19). The topological polar surface area (TPSA) is 67.4 Å². The van der Waals surface area contributed by atoms with Gasteiger partial charge in [0.2, 0.25) is 5.91 Å². The molecule has 1 unspecified atom stereocenters. The van der Waals surface area contributed by atoms with E-state index in [1.54, 1.807) is 0 Å². The maximum absolute atomic E-state index is 12.0. The summed E-state index contributed by atoms with van der Waals surface area (Å²) >= 11 is 0. The van der Waals surface area contributed by atoms with E-state index in [2.05, 4.69) is 10.6 Å². The molecule has 1 heterocycles. The van der Waals surface area contributed by atoms with Gasteiger partial charge in [0, 0.05) is 12.5 Å². The van der Waals surface area contributed by atoms with Crippen molar-refractivity contribution >= 4 is 11.9 Å². The molecule has 2 rings (SSSR count). The van der Waals surface area contributed by atoms with Crippen LogP contribution in [0.3, 0.4) is 0 Å². The SMILES string of the molecule is CCOC(=O)C1CCC(NC(=O)CCC2CCNC2)CC1. The molecule has 0 aromatic heterocycles. The molecule has 1 aliphatic carbocycles. The zero-order valence-corrected chi connectivity index (χ0v) is 13.0. The quantitative estimate of drug-likeness (QED) is 0.731. The molecule has 0 bridgehead atoms. The van der Waals surface area contributed by atoms with Gasteiger partial charge in [0.05, 0.1) is 12.5 Å². The highest BCUT2D eigenvalue weighted by molar-refractivity contribution is 5.76. The zero-order chi connectivity index (χ0) is 15.1. The lowest BCUT2D eigenvalue weighted by Gasteiger charge is -2.28. The van der Waals surface area contributed by atoms with Crippen molar-refractivity contribution in [3.8, 4) is 0 Å². The molecule has 1 amide bonds. The highest BCUT2D eigenvalue weighted by atomic mass is 16.5. The highest BCUT2D eigenvalue weighted by Gasteiger charge is 2.28. The largest absolute Gasteiger partial charge is 0.466 e. The molecule has 21 heavy (non-hydrogen) atoms. The van der Waals surface area contributed by atoms with Gasteiger partial charge in [-0.05, 0) is 64.5 Å². The van der Waals surface area contributed by atoms with Crippen molar-refractivity contribution in [2.45, 2.75) is 57.9 Å². The van der Waals surface area contributed by atoms with E-state index in [0.29, 0.717) is 18.9 Å². The molecule has 1 aliphatic heterocycles. The van der Waals surface area contributed by atoms with E-state index in [1.807, 2.05) is 6.92 Å². The minimum absolute atomic E-state index is 0.0302. The van der Waals surface area contributed by atoms with Crippen LogP contribution in [0.2, 0.25) is 0 Å². The molecule has 1 saturated carbocycles. The number of nitrogens with one attached hydrogen (secondary N) is 2. The van der Waals surface area contributed by atoms with Crippen LogP contribution < -0.4 is 10.6 Å². The Hall–Kier alpha value is -1.10. The van der Waals surface area contributed by atoms with E-state index in [-0.39, 0.29) is 23.8 Å². The van der Waals surface area contributed by atoms with Crippen LogP contribution >= 0.6 is 0 Å². The minimum atomic E-state index is -0.0731. The second-order valence-electron chi connectivity index (χ2n) is 6.27. The summed E-state index contributed by atoms with van der Waals surface area (Å²) in [6.07, 6.45) is 6.24. The summed E-state index contributed by atoms with van der Waals surface area (Å²) < 4.78 is 5.06. The Balaban J connectivity index is 1.61. The van der Waals surface area contributed by atoms with Gasteiger partial charge in [-0.3, -0.25) is 9.59 Å². The summed E-state index contributed by atoms with van der Waals surface area (Å²) in [5, 5.41) is 6.45. The first-order valence-electron chi connectivity index (χ1n) is 8.35. The van der Waals surface area contributed by atoms with Crippen LogP contribution in [0.1, 0.15) is 51.9 Å². The lowest BCUT2D eigenvalue weighted by Crippen LogP contribution is -2.39. The summed E-state index contributed by atoms with van der Waals surface area (Å²) in [6.45, 7) is 4.43. The van der Waals surface area contributed by atoms with Crippen LogP contribution in [0.4, 0.5) is 0 Å². The molecule has 0 radical (unpaired) electrons. The van der Waals surface area contributed by atoms with E-state index in [0.717, 1.165) is 45.2 Å². The van der Waals surface area contributed by atoms with E-state index in [4.69, 9.17) is 4.74 Å². The van der Waals surface area contributed by atoms with Crippen LogP contribution in [-0.2, 0) is 14.3 Å². The van der Waals surface area contributed by atoms with Gasteiger partial charge >= 0.3 is 5.97 Å². The number of amides is 1. The van der Waals surface area contributed by atoms with Crippen LogP contribution in [-0.4, -0.2) is 37.6 Å². The van der Waals surface area contributed by atoms with Gasteiger partial charge in [-0.25, -0.2) is 0 Å². The number of hydrogen-bond donors (Lipinski definition) is 2. The summed E-state index contributed by atoms with van der Waals surface area (Å²) in [5.74, 6) is 0.787. The average molecular weight is 296 g/mol. The normalized spacial score (nSPS) is 29.1. The molecule has 2 fully saturated rings. The Morgan fingerprint density at radius 1 is 1.19 bits per heavy atom. The van der Waals surface area contributed by atoms with Crippen LogP contribution in [0.5, 0.6) is 0 Å². The Morgan fingerprint density at radius 3 is 2.57 bits per heavy atom. The van der Waals surface area contributed by atoms with Gasteiger partial charge in [0.25, 0.3) is 0 Å². The molecule has 1 atom stereocenters. The monoisotopic (exact) mass is 296 g/mol. The second kappa shape index (κ2) is 8.37. The molecule has 120 valence electrons. The summed E-state index contributed by atoms with van der Waals surface area (Å²) in [7, 11) is 0. The third-order valence-corrected chi connectivity index (χ3v) is 4.65. The predicted octanol–water partition coefficient (Wildman–Crippen LogP) is 1.61. The van der Waals surface area contributed by atoms with Crippen LogP contribution in [0.25, 0.3) is 0 Å². The molecule has 0 aromatic carbocycles. The maximum atomic E-state index is 12.0. The minimum Gasteiger partial charge on any atom is -0.466 e.